The number of hydrogen-bond donors (Lipinski definition) is 1. The number of rotatable bonds is 6. The van der Waals surface area contributed by atoms with Crippen molar-refractivity contribution in [2.24, 2.45) is 0 Å². The second kappa shape index (κ2) is 6.70. The number of aryl methyl sites for hydroxylation is 1. The van der Waals surface area contributed by atoms with Crippen molar-refractivity contribution >= 4 is 5.91 Å². The number of likely N-dealkylation sites (N-methyl/N-ethyl adjacent to an activating group) is 1. The van der Waals surface area contributed by atoms with Crippen LogP contribution in [0.4, 0.5) is 0 Å². The molecule has 1 saturated carbocycles. The summed E-state index contributed by atoms with van der Waals surface area (Å²) < 4.78 is 1.90. The van der Waals surface area contributed by atoms with E-state index in [1.807, 2.05) is 29.0 Å². The zero-order valence-electron chi connectivity index (χ0n) is 11.9. The summed E-state index contributed by atoms with van der Waals surface area (Å²) in [5.74, 6) is 0.136. The summed E-state index contributed by atoms with van der Waals surface area (Å²) in [6.45, 7) is 4.16. The molecule has 1 N–H and O–H groups in total. The van der Waals surface area contributed by atoms with Gasteiger partial charge in [-0.25, -0.2) is 0 Å². The van der Waals surface area contributed by atoms with E-state index in [0.29, 0.717) is 12.6 Å². The van der Waals surface area contributed by atoms with Gasteiger partial charge in [0.2, 0.25) is 5.91 Å². The van der Waals surface area contributed by atoms with Gasteiger partial charge in [-0.05, 0) is 26.8 Å². The number of nitrogens with one attached hydrogen (secondary N) is 1. The van der Waals surface area contributed by atoms with Gasteiger partial charge in [-0.15, -0.1) is 0 Å². The topological polar surface area (TPSA) is 50.2 Å². The van der Waals surface area contributed by atoms with Crippen LogP contribution in [0.3, 0.4) is 0 Å². The van der Waals surface area contributed by atoms with E-state index >= 15 is 0 Å². The van der Waals surface area contributed by atoms with E-state index in [-0.39, 0.29) is 5.91 Å². The lowest BCUT2D eigenvalue weighted by molar-refractivity contribution is -0.122. The Labute approximate surface area is 115 Å². The molecule has 0 unspecified atom stereocenters. The van der Waals surface area contributed by atoms with Crippen LogP contribution in [0.2, 0.25) is 0 Å². The molecule has 0 atom stereocenters. The highest BCUT2D eigenvalue weighted by Gasteiger charge is 2.17. The molecule has 106 valence electrons. The summed E-state index contributed by atoms with van der Waals surface area (Å²) in [4.78, 5) is 13.9. The highest BCUT2D eigenvalue weighted by molar-refractivity contribution is 5.78. The molecule has 0 saturated heterocycles. The van der Waals surface area contributed by atoms with E-state index in [0.717, 1.165) is 31.5 Å². The van der Waals surface area contributed by atoms with Crippen LogP contribution in [0.15, 0.2) is 12.4 Å². The Hall–Kier alpha value is -1.36. The molecule has 0 aromatic carbocycles. The molecule has 0 bridgehead atoms. The first-order chi connectivity index (χ1) is 9.17. The molecule has 1 amide bonds. The van der Waals surface area contributed by atoms with Crippen molar-refractivity contribution in [1.29, 1.82) is 0 Å². The van der Waals surface area contributed by atoms with E-state index < -0.39 is 0 Å². The van der Waals surface area contributed by atoms with Crippen molar-refractivity contribution in [2.75, 3.05) is 13.6 Å². The Morgan fingerprint density at radius 3 is 2.89 bits per heavy atom. The largest absolute Gasteiger partial charge is 0.352 e. The molecule has 5 heteroatoms. The molecule has 0 spiro atoms. The van der Waals surface area contributed by atoms with Gasteiger partial charge in [0.15, 0.2) is 0 Å². The van der Waals surface area contributed by atoms with Crippen LogP contribution in [-0.4, -0.2) is 40.2 Å². The van der Waals surface area contributed by atoms with E-state index in [1.165, 1.54) is 12.8 Å². The summed E-state index contributed by atoms with van der Waals surface area (Å²) in [6, 6.07) is 0.406. The van der Waals surface area contributed by atoms with Crippen LogP contribution in [0.25, 0.3) is 0 Å². The number of hydrogen-bond acceptors (Lipinski definition) is 3. The first-order valence-electron chi connectivity index (χ1n) is 7.16. The van der Waals surface area contributed by atoms with E-state index in [2.05, 4.69) is 17.3 Å². The Morgan fingerprint density at radius 2 is 2.26 bits per heavy atom. The summed E-state index contributed by atoms with van der Waals surface area (Å²) in [5, 5.41) is 7.35. The molecule has 19 heavy (non-hydrogen) atoms. The van der Waals surface area contributed by atoms with Gasteiger partial charge >= 0.3 is 0 Å². The maximum Gasteiger partial charge on any atom is 0.234 e. The smallest absolute Gasteiger partial charge is 0.234 e. The number of carbonyl (C=O) groups is 1. The van der Waals surface area contributed by atoms with Crippen molar-refractivity contribution < 1.29 is 4.79 Å². The number of nitrogens with zero attached hydrogens (tertiary/aromatic N) is 3. The third kappa shape index (κ3) is 4.35. The average molecular weight is 264 g/mol. The Morgan fingerprint density at radius 1 is 1.53 bits per heavy atom. The lowest BCUT2D eigenvalue weighted by Gasteiger charge is -2.17. The summed E-state index contributed by atoms with van der Waals surface area (Å²) in [5.41, 5.74) is 1.15. The summed E-state index contributed by atoms with van der Waals surface area (Å²) in [6.07, 6.45) is 8.67. The molecule has 1 fully saturated rings. The van der Waals surface area contributed by atoms with E-state index in [9.17, 15) is 4.79 Å². The minimum atomic E-state index is 0.136. The normalized spacial score (nSPS) is 16.2. The van der Waals surface area contributed by atoms with Gasteiger partial charge in [-0.1, -0.05) is 12.8 Å². The quantitative estimate of drug-likeness (QED) is 0.845. The van der Waals surface area contributed by atoms with Gasteiger partial charge in [-0.3, -0.25) is 14.4 Å². The summed E-state index contributed by atoms with van der Waals surface area (Å²) in [7, 11) is 1.97. The zero-order chi connectivity index (χ0) is 13.7. The monoisotopic (exact) mass is 264 g/mol. The fourth-order valence-corrected chi connectivity index (χ4v) is 2.62. The van der Waals surface area contributed by atoms with Crippen LogP contribution >= 0.6 is 0 Å². The average Bonchev–Trinajstić information content (AvgIpc) is 3.00. The number of aromatic nitrogens is 2. The Balaban J connectivity index is 1.73. The molecule has 5 nitrogen and oxygen atoms in total. The predicted octanol–water partition coefficient (Wildman–Crippen LogP) is 1.39. The highest BCUT2D eigenvalue weighted by atomic mass is 16.2. The SMILES string of the molecule is CCn1cc(CN(C)CC(=O)NC2CCCC2)cn1. The minimum Gasteiger partial charge on any atom is -0.352 e. The molecule has 1 heterocycles. The zero-order valence-corrected chi connectivity index (χ0v) is 11.9. The highest BCUT2D eigenvalue weighted by Crippen LogP contribution is 2.17. The van der Waals surface area contributed by atoms with Crippen LogP contribution in [0.5, 0.6) is 0 Å². The van der Waals surface area contributed by atoms with Crippen LogP contribution in [0.1, 0.15) is 38.2 Å². The van der Waals surface area contributed by atoms with Crippen molar-refractivity contribution in [3.8, 4) is 0 Å². The second-order valence-electron chi connectivity index (χ2n) is 5.43. The fraction of sp³-hybridized carbons (Fsp3) is 0.714. The first-order valence-corrected chi connectivity index (χ1v) is 7.16. The van der Waals surface area contributed by atoms with Gasteiger partial charge in [0.05, 0.1) is 12.7 Å². The van der Waals surface area contributed by atoms with Crippen molar-refractivity contribution in [1.82, 2.24) is 20.0 Å². The minimum absolute atomic E-state index is 0.136. The van der Waals surface area contributed by atoms with Crippen LogP contribution in [0, 0.1) is 0 Å². The second-order valence-corrected chi connectivity index (χ2v) is 5.43. The molecule has 0 aliphatic heterocycles. The lowest BCUT2D eigenvalue weighted by atomic mass is 10.2. The predicted molar refractivity (Wildman–Crippen MR) is 74.6 cm³/mol. The number of carbonyl (C=O) groups excluding carboxylic acids is 1. The molecule has 2 rings (SSSR count). The van der Waals surface area contributed by atoms with E-state index in [1.54, 1.807) is 0 Å². The standard InChI is InChI=1S/C14H24N4O/c1-3-18-10-12(8-15-18)9-17(2)11-14(19)16-13-6-4-5-7-13/h8,10,13H,3-7,9,11H2,1-2H3,(H,16,19). The lowest BCUT2D eigenvalue weighted by Crippen LogP contribution is -2.39. The van der Waals surface area contributed by atoms with Gasteiger partial charge in [0, 0.05) is 30.9 Å². The van der Waals surface area contributed by atoms with Crippen LogP contribution < -0.4 is 5.32 Å². The first kappa shape index (κ1) is 14.1. The maximum atomic E-state index is 11.9. The molecule has 1 aliphatic rings. The third-order valence-electron chi connectivity index (χ3n) is 3.60. The van der Waals surface area contributed by atoms with Crippen molar-refractivity contribution in [2.45, 2.75) is 51.7 Å². The maximum absolute atomic E-state index is 11.9. The molecular weight excluding hydrogens is 240 g/mol. The Kier molecular flexibility index (Phi) is 4.96. The van der Waals surface area contributed by atoms with Gasteiger partial charge < -0.3 is 5.32 Å². The number of amides is 1. The van der Waals surface area contributed by atoms with E-state index in [4.69, 9.17) is 0 Å². The van der Waals surface area contributed by atoms with Gasteiger partial charge in [0.25, 0.3) is 0 Å². The Bertz CT molecular complexity index is 409. The summed E-state index contributed by atoms with van der Waals surface area (Å²) >= 11 is 0. The molecular formula is C14H24N4O. The van der Waals surface area contributed by atoms with Crippen molar-refractivity contribution in [3.63, 3.8) is 0 Å². The third-order valence-corrected chi connectivity index (χ3v) is 3.60. The molecule has 0 radical (unpaired) electrons. The van der Waals surface area contributed by atoms with Crippen LogP contribution in [-0.2, 0) is 17.9 Å². The fourth-order valence-electron chi connectivity index (χ4n) is 2.62. The molecule has 1 aliphatic carbocycles. The molecule has 1 aromatic heterocycles. The molecule has 1 aromatic rings. The van der Waals surface area contributed by atoms with Gasteiger partial charge in [0.1, 0.15) is 0 Å². The van der Waals surface area contributed by atoms with Gasteiger partial charge in [-0.2, -0.15) is 5.10 Å². The van der Waals surface area contributed by atoms with Crippen molar-refractivity contribution in [3.05, 3.63) is 18.0 Å².